The van der Waals surface area contributed by atoms with Crippen molar-refractivity contribution in [2.24, 2.45) is 4.99 Å². The maximum Gasteiger partial charge on any atom is 0.191 e. The van der Waals surface area contributed by atoms with Gasteiger partial charge >= 0.3 is 0 Å². The van der Waals surface area contributed by atoms with Crippen molar-refractivity contribution in [2.75, 3.05) is 47.4 Å². The Balaban J connectivity index is 0.00000338. The van der Waals surface area contributed by atoms with E-state index in [-0.39, 0.29) is 29.6 Å². The van der Waals surface area contributed by atoms with Gasteiger partial charge in [-0.05, 0) is 39.9 Å². The van der Waals surface area contributed by atoms with Crippen LogP contribution in [0.5, 0.6) is 5.75 Å². The third kappa shape index (κ3) is 7.67. The van der Waals surface area contributed by atoms with Crippen molar-refractivity contribution < 1.29 is 9.47 Å². The van der Waals surface area contributed by atoms with E-state index in [0.717, 1.165) is 49.8 Å². The third-order valence-corrected chi connectivity index (χ3v) is 4.37. The van der Waals surface area contributed by atoms with Gasteiger partial charge in [-0.3, -0.25) is 4.99 Å². The number of guanidine groups is 1. The van der Waals surface area contributed by atoms with E-state index >= 15 is 0 Å². The number of likely N-dealkylation sites (N-methyl/N-ethyl adjacent to an activating group) is 1. The average Bonchev–Trinajstić information content (AvgIpc) is 3.03. The molecule has 0 aromatic heterocycles. The number of benzene rings is 1. The van der Waals surface area contributed by atoms with Gasteiger partial charge in [0.15, 0.2) is 5.96 Å². The summed E-state index contributed by atoms with van der Waals surface area (Å²) < 4.78 is 11.7. The molecule has 1 saturated heterocycles. The van der Waals surface area contributed by atoms with Crippen LogP contribution in [0, 0.1) is 0 Å². The molecular formula is C19H33IN4O2. The molecule has 1 heterocycles. The minimum absolute atomic E-state index is 0. The summed E-state index contributed by atoms with van der Waals surface area (Å²) in [7, 11) is 5.87. The van der Waals surface area contributed by atoms with Gasteiger partial charge in [-0.1, -0.05) is 18.2 Å². The van der Waals surface area contributed by atoms with Crippen LogP contribution in [0.15, 0.2) is 29.3 Å². The summed E-state index contributed by atoms with van der Waals surface area (Å²) in [6.07, 6.45) is 2.21. The fourth-order valence-corrected chi connectivity index (χ4v) is 2.78. The molecule has 1 aliphatic heterocycles. The number of hydrogen-bond donors (Lipinski definition) is 2. The van der Waals surface area contributed by atoms with E-state index in [1.165, 1.54) is 0 Å². The zero-order chi connectivity index (χ0) is 18.1. The van der Waals surface area contributed by atoms with Gasteiger partial charge in [0.1, 0.15) is 12.4 Å². The number of aliphatic imine (C=N–C) groups is 1. The Morgan fingerprint density at radius 1 is 1.31 bits per heavy atom. The highest BCUT2D eigenvalue weighted by Gasteiger charge is 2.29. The summed E-state index contributed by atoms with van der Waals surface area (Å²) in [6, 6.07) is 8.11. The summed E-state index contributed by atoms with van der Waals surface area (Å²) in [5.41, 5.74) is 1.03. The van der Waals surface area contributed by atoms with E-state index in [4.69, 9.17) is 9.47 Å². The minimum Gasteiger partial charge on any atom is -0.492 e. The molecule has 7 heteroatoms. The molecule has 1 aliphatic rings. The van der Waals surface area contributed by atoms with Crippen molar-refractivity contribution in [3.63, 3.8) is 0 Å². The Bertz CT molecular complexity index is 560. The third-order valence-electron chi connectivity index (χ3n) is 4.37. The normalized spacial score (nSPS) is 20.0. The van der Waals surface area contributed by atoms with Crippen LogP contribution in [-0.4, -0.2) is 63.9 Å². The second-order valence-electron chi connectivity index (χ2n) is 6.94. The number of ether oxygens (including phenoxy) is 2. The van der Waals surface area contributed by atoms with Crippen molar-refractivity contribution in [3.05, 3.63) is 29.8 Å². The summed E-state index contributed by atoms with van der Waals surface area (Å²) in [4.78, 5) is 6.41. The molecule has 2 N–H and O–H groups in total. The van der Waals surface area contributed by atoms with Gasteiger partial charge in [0, 0.05) is 38.9 Å². The largest absolute Gasteiger partial charge is 0.492 e. The van der Waals surface area contributed by atoms with E-state index < -0.39 is 0 Å². The molecule has 0 bridgehead atoms. The predicted octanol–water partition coefficient (Wildman–Crippen LogP) is 2.48. The van der Waals surface area contributed by atoms with Crippen LogP contribution >= 0.6 is 24.0 Å². The number of para-hydroxylation sites is 1. The van der Waals surface area contributed by atoms with Gasteiger partial charge in [-0.2, -0.15) is 0 Å². The van der Waals surface area contributed by atoms with Crippen LogP contribution in [-0.2, 0) is 11.3 Å². The van der Waals surface area contributed by atoms with E-state index in [2.05, 4.69) is 33.5 Å². The van der Waals surface area contributed by atoms with Gasteiger partial charge < -0.3 is 25.0 Å². The Morgan fingerprint density at radius 2 is 2.08 bits per heavy atom. The Kier molecular flexibility index (Phi) is 10.3. The van der Waals surface area contributed by atoms with Gasteiger partial charge in [-0.25, -0.2) is 0 Å². The lowest BCUT2D eigenvalue weighted by atomic mass is 10.0. The molecule has 1 aromatic rings. The van der Waals surface area contributed by atoms with Crippen molar-refractivity contribution in [3.8, 4) is 5.75 Å². The zero-order valence-electron chi connectivity index (χ0n) is 16.4. The minimum atomic E-state index is -0.0924. The topological polar surface area (TPSA) is 58.1 Å². The monoisotopic (exact) mass is 476 g/mol. The summed E-state index contributed by atoms with van der Waals surface area (Å²) in [5.74, 6) is 1.69. The van der Waals surface area contributed by atoms with Crippen molar-refractivity contribution in [1.82, 2.24) is 15.5 Å². The molecule has 6 nitrogen and oxygen atoms in total. The van der Waals surface area contributed by atoms with E-state index in [9.17, 15) is 0 Å². The van der Waals surface area contributed by atoms with E-state index in [1.807, 2.05) is 32.3 Å². The fraction of sp³-hybridized carbons (Fsp3) is 0.632. The maximum absolute atomic E-state index is 5.91. The molecule has 0 saturated carbocycles. The first-order valence-electron chi connectivity index (χ1n) is 8.96. The second kappa shape index (κ2) is 11.6. The van der Waals surface area contributed by atoms with E-state index in [1.54, 1.807) is 7.05 Å². The van der Waals surface area contributed by atoms with Gasteiger partial charge in [0.05, 0.1) is 5.60 Å². The molecular weight excluding hydrogens is 443 g/mol. The van der Waals surface area contributed by atoms with Crippen LogP contribution in [0.2, 0.25) is 0 Å². The number of hydrogen-bond acceptors (Lipinski definition) is 4. The molecule has 148 valence electrons. The molecule has 0 amide bonds. The summed E-state index contributed by atoms with van der Waals surface area (Å²) >= 11 is 0. The van der Waals surface area contributed by atoms with Crippen LogP contribution in [0.4, 0.5) is 0 Å². The van der Waals surface area contributed by atoms with Crippen LogP contribution in [0.3, 0.4) is 0 Å². The lowest BCUT2D eigenvalue weighted by Gasteiger charge is -2.24. The maximum atomic E-state index is 5.91. The highest BCUT2D eigenvalue weighted by molar-refractivity contribution is 14.0. The van der Waals surface area contributed by atoms with Crippen molar-refractivity contribution >= 4 is 29.9 Å². The van der Waals surface area contributed by atoms with Crippen molar-refractivity contribution in [2.45, 2.75) is 31.9 Å². The Labute approximate surface area is 174 Å². The van der Waals surface area contributed by atoms with Crippen LogP contribution in [0.25, 0.3) is 0 Å². The lowest BCUT2D eigenvalue weighted by Crippen LogP contribution is -2.45. The van der Waals surface area contributed by atoms with Crippen LogP contribution < -0.4 is 15.4 Å². The molecule has 26 heavy (non-hydrogen) atoms. The van der Waals surface area contributed by atoms with Crippen LogP contribution in [0.1, 0.15) is 25.3 Å². The average molecular weight is 476 g/mol. The first kappa shape index (κ1) is 23.0. The number of halogens is 1. The van der Waals surface area contributed by atoms with Gasteiger partial charge in [0.25, 0.3) is 0 Å². The molecule has 0 spiro atoms. The molecule has 1 fully saturated rings. The van der Waals surface area contributed by atoms with Gasteiger partial charge in [-0.15, -0.1) is 24.0 Å². The SMILES string of the molecule is CN=C(NCc1ccccc1OCCN(C)C)NCC1(C)CCCO1.I. The molecule has 0 aliphatic carbocycles. The smallest absolute Gasteiger partial charge is 0.191 e. The number of nitrogens with one attached hydrogen (secondary N) is 2. The Hall–Kier alpha value is -1.06. The highest BCUT2D eigenvalue weighted by atomic mass is 127. The number of rotatable bonds is 8. The van der Waals surface area contributed by atoms with Crippen molar-refractivity contribution in [1.29, 1.82) is 0 Å². The van der Waals surface area contributed by atoms with E-state index in [0.29, 0.717) is 13.2 Å². The Morgan fingerprint density at radius 3 is 2.73 bits per heavy atom. The molecule has 1 unspecified atom stereocenters. The zero-order valence-corrected chi connectivity index (χ0v) is 18.7. The quantitative estimate of drug-likeness (QED) is 0.343. The molecule has 1 atom stereocenters. The molecule has 1 aromatic carbocycles. The summed E-state index contributed by atoms with van der Waals surface area (Å²) in [6.45, 7) is 5.98. The first-order valence-corrected chi connectivity index (χ1v) is 8.96. The second-order valence-corrected chi connectivity index (χ2v) is 6.94. The first-order chi connectivity index (χ1) is 12.0. The lowest BCUT2D eigenvalue weighted by molar-refractivity contribution is 0.0243. The standard InChI is InChI=1S/C19H32N4O2.HI/c1-19(10-7-12-25-19)15-22-18(20-2)21-14-16-8-5-6-9-17(16)24-13-11-23(3)4;/h5-6,8-9H,7,10-15H2,1-4H3,(H2,20,21,22);1H. The predicted molar refractivity (Wildman–Crippen MR) is 118 cm³/mol. The fourth-order valence-electron chi connectivity index (χ4n) is 2.78. The molecule has 2 rings (SSSR count). The van der Waals surface area contributed by atoms with Gasteiger partial charge in [0.2, 0.25) is 0 Å². The summed E-state index contributed by atoms with van der Waals surface area (Å²) in [5, 5.41) is 6.73. The molecule has 0 radical (unpaired) electrons. The number of nitrogens with zero attached hydrogens (tertiary/aromatic N) is 2. The highest BCUT2D eigenvalue weighted by Crippen LogP contribution is 2.23.